The number of carbonyl (C=O) groups excluding carboxylic acids is 3. The normalized spacial score (nSPS) is 12.1. The minimum Gasteiger partial charge on any atom is -0.444 e. The number of ether oxygens (including phenoxy) is 2. The molecule has 0 aliphatic rings. The van der Waals surface area contributed by atoms with Gasteiger partial charge in [0.2, 0.25) is 0 Å². The summed E-state index contributed by atoms with van der Waals surface area (Å²) >= 11 is 0. The SMILES string of the molecule is CCc1cc(NC(=O)c2ncc(-c3cn[nH]c3C(F)(F)F)n2C)ccc1C(=O)NCCOCC(C)(C)NC(=O)OC(C)(C)C. The fourth-order valence-electron chi connectivity index (χ4n) is 4.21. The second-order valence-corrected chi connectivity index (χ2v) is 11.7. The Kier molecular flexibility index (Phi) is 10.5. The van der Waals surface area contributed by atoms with Crippen molar-refractivity contribution in [2.75, 3.05) is 25.1 Å². The lowest BCUT2D eigenvalue weighted by molar-refractivity contribution is -0.140. The quantitative estimate of drug-likeness (QED) is 0.227. The molecule has 12 nitrogen and oxygen atoms in total. The summed E-state index contributed by atoms with van der Waals surface area (Å²) in [6.45, 7) is 11.4. The fraction of sp³-hybridized carbons (Fsp3) is 0.483. The minimum absolute atomic E-state index is 0.0596. The number of hydrogen-bond donors (Lipinski definition) is 4. The summed E-state index contributed by atoms with van der Waals surface area (Å²) in [7, 11) is 1.43. The number of benzene rings is 1. The van der Waals surface area contributed by atoms with Crippen molar-refractivity contribution < 1.29 is 37.0 Å². The van der Waals surface area contributed by atoms with E-state index in [1.54, 1.807) is 52.8 Å². The summed E-state index contributed by atoms with van der Waals surface area (Å²) in [5.74, 6) is -1.08. The van der Waals surface area contributed by atoms with Crippen molar-refractivity contribution in [3.63, 3.8) is 0 Å². The molecule has 15 heteroatoms. The van der Waals surface area contributed by atoms with Crippen LogP contribution in [0.4, 0.5) is 23.7 Å². The maximum atomic E-state index is 13.3. The first-order valence-corrected chi connectivity index (χ1v) is 13.9. The van der Waals surface area contributed by atoms with Gasteiger partial charge in [-0.3, -0.25) is 14.7 Å². The highest BCUT2D eigenvalue weighted by Crippen LogP contribution is 2.35. The van der Waals surface area contributed by atoms with Crippen LogP contribution in [-0.4, -0.2) is 68.6 Å². The van der Waals surface area contributed by atoms with Crippen LogP contribution in [-0.2, 0) is 29.1 Å². The average molecular weight is 622 g/mol. The number of imidazole rings is 1. The molecule has 3 aromatic rings. The Balaban J connectivity index is 1.56. The summed E-state index contributed by atoms with van der Waals surface area (Å²) in [5.41, 5.74) is -1.07. The third-order valence-electron chi connectivity index (χ3n) is 6.21. The first-order chi connectivity index (χ1) is 20.4. The van der Waals surface area contributed by atoms with Crippen molar-refractivity contribution in [1.82, 2.24) is 30.4 Å². The molecule has 0 unspecified atom stereocenters. The van der Waals surface area contributed by atoms with Crippen molar-refractivity contribution >= 4 is 23.6 Å². The Hall–Kier alpha value is -4.40. The van der Waals surface area contributed by atoms with Gasteiger partial charge in [0.1, 0.15) is 11.3 Å². The van der Waals surface area contributed by atoms with E-state index in [0.717, 1.165) is 6.20 Å². The number of carbonyl (C=O) groups is 3. The second-order valence-electron chi connectivity index (χ2n) is 11.7. The average Bonchev–Trinajstić information content (AvgIpc) is 3.53. The highest BCUT2D eigenvalue weighted by molar-refractivity contribution is 6.03. The van der Waals surface area contributed by atoms with E-state index in [9.17, 15) is 27.6 Å². The van der Waals surface area contributed by atoms with Crippen LogP contribution in [0.15, 0.2) is 30.6 Å². The Bertz CT molecular complexity index is 1490. The maximum Gasteiger partial charge on any atom is 0.433 e. The number of aromatic amines is 1. The van der Waals surface area contributed by atoms with Gasteiger partial charge in [0.25, 0.3) is 11.8 Å². The molecule has 1 aromatic carbocycles. The van der Waals surface area contributed by atoms with E-state index in [-0.39, 0.29) is 42.7 Å². The number of amides is 3. The summed E-state index contributed by atoms with van der Waals surface area (Å²) in [5, 5.41) is 13.6. The zero-order valence-electron chi connectivity index (χ0n) is 25.7. The summed E-state index contributed by atoms with van der Waals surface area (Å²) in [6, 6.07) is 4.77. The molecule has 2 aromatic heterocycles. The van der Waals surface area contributed by atoms with Crippen LogP contribution in [0.1, 0.15) is 73.8 Å². The highest BCUT2D eigenvalue weighted by atomic mass is 19.4. The topological polar surface area (TPSA) is 152 Å². The first-order valence-electron chi connectivity index (χ1n) is 13.9. The van der Waals surface area contributed by atoms with Crippen LogP contribution in [0.2, 0.25) is 0 Å². The van der Waals surface area contributed by atoms with E-state index in [0.29, 0.717) is 23.2 Å². The zero-order chi connectivity index (χ0) is 32.9. The lowest BCUT2D eigenvalue weighted by atomic mass is 10.0. The van der Waals surface area contributed by atoms with Crippen molar-refractivity contribution in [2.45, 2.75) is 65.3 Å². The van der Waals surface area contributed by atoms with Gasteiger partial charge < -0.3 is 30.0 Å². The summed E-state index contributed by atoms with van der Waals surface area (Å²) in [6.07, 6.45) is -2.53. The third kappa shape index (κ3) is 9.05. The first kappa shape index (κ1) is 34.1. The molecule has 0 spiro atoms. The van der Waals surface area contributed by atoms with Gasteiger partial charge in [0.05, 0.1) is 42.4 Å². The molecule has 3 amide bonds. The molecule has 0 aliphatic carbocycles. The smallest absolute Gasteiger partial charge is 0.433 e. The predicted octanol–water partition coefficient (Wildman–Crippen LogP) is 4.69. The number of rotatable bonds is 11. The van der Waals surface area contributed by atoms with E-state index in [1.807, 2.05) is 12.0 Å². The van der Waals surface area contributed by atoms with Gasteiger partial charge in [-0.25, -0.2) is 9.78 Å². The molecule has 0 fully saturated rings. The number of anilines is 1. The Labute approximate surface area is 253 Å². The lowest BCUT2D eigenvalue weighted by Gasteiger charge is -2.28. The molecule has 44 heavy (non-hydrogen) atoms. The van der Waals surface area contributed by atoms with Crippen LogP contribution in [0.5, 0.6) is 0 Å². The number of aromatic nitrogens is 4. The Morgan fingerprint density at radius 3 is 2.39 bits per heavy atom. The highest BCUT2D eigenvalue weighted by Gasteiger charge is 2.37. The van der Waals surface area contributed by atoms with Crippen molar-refractivity contribution in [2.24, 2.45) is 7.05 Å². The molecular weight excluding hydrogens is 583 g/mol. The number of hydrogen-bond acceptors (Lipinski definition) is 7. The molecule has 0 radical (unpaired) electrons. The molecule has 0 atom stereocenters. The Morgan fingerprint density at radius 2 is 1.75 bits per heavy atom. The zero-order valence-corrected chi connectivity index (χ0v) is 25.7. The van der Waals surface area contributed by atoms with Crippen LogP contribution in [0.25, 0.3) is 11.3 Å². The molecule has 0 bridgehead atoms. The van der Waals surface area contributed by atoms with Gasteiger partial charge in [-0.15, -0.1) is 0 Å². The summed E-state index contributed by atoms with van der Waals surface area (Å²) in [4.78, 5) is 41.8. The number of nitrogens with one attached hydrogen (secondary N) is 4. The van der Waals surface area contributed by atoms with Gasteiger partial charge in [0.15, 0.2) is 5.82 Å². The number of alkyl carbamates (subject to hydrolysis) is 1. The summed E-state index contributed by atoms with van der Waals surface area (Å²) < 4.78 is 52.1. The molecule has 4 N–H and O–H groups in total. The largest absolute Gasteiger partial charge is 0.444 e. The predicted molar refractivity (Wildman–Crippen MR) is 156 cm³/mol. The second kappa shape index (κ2) is 13.5. The van der Waals surface area contributed by atoms with Gasteiger partial charge in [0, 0.05) is 24.8 Å². The van der Waals surface area contributed by atoms with Gasteiger partial charge >= 0.3 is 12.3 Å². The molecule has 0 saturated carbocycles. The van der Waals surface area contributed by atoms with E-state index < -0.39 is 35.0 Å². The van der Waals surface area contributed by atoms with Gasteiger partial charge in [-0.05, 0) is 64.8 Å². The van der Waals surface area contributed by atoms with Gasteiger partial charge in [-0.1, -0.05) is 6.92 Å². The van der Waals surface area contributed by atoms with Crippen molar-refractivity contribution in [3.05, 3.63) is 53.2 Å². The maximum absolute atomic E-state index is 13.3. The van der Waals surface area contributed by atoms with Crippen LogP contribution in [0.3, 0.4) is 0 Å². The van der Waals surface area contributed by atoms with E-state index in [1.165, 1.54) is 17.8 Å². The van der Waals surface area contributed by atoms with Gasteiger partial charge in [-0.2, -0.15) is 18.3 Å². The minimum atomic E-state index is -4.66. The number of halogens is 3. The molecule has 3 rings (SSSR count). The number of alkyl halides is 3. The van der Waals surface area contributed by atoms with Crippen LogP contribution < -0.4 is 16.0 Å². The molecule has 2 heterocycles. The van der Waals surface area contributed by atoms with Crippen LogP contribution in [0, 0.1) is 0 Å². The third-order valence-corrected chi connectivity index (χ3v) is 6.21. The van der Waals surface area contributed by atoms with E-state index in [4.69, 9.17) is 9.47 Å². The fourth-order valence-corrected chi connectivity index (χ4v) is 4.21. The lowest BCUT2D eigenvalue weighted by Crippen LogP contribution is -2.49. The molecule has 240 valence electrons. The van der Waals surface area contributed by atoms with E-state index in [2.05, 4.69) is 26.0 Å². The monoisotopic (exact) mass is 621 g/mol. The molecule has 0 aliphatic heterocycles. The van der Waals surface area contributed by atoms with E-state index >= 15 is 0 Å². The van der Waals surface area contributed by atoms with Crippen LogP contribution >= 0.6 is 0 Å². The molecular formula is C29H38F3N7O5. The molecule has 0 saturated heterocycles. The van der Waals surface area contributed by atoms with Crippen molar-refractivity contribution in [1.29, 1.82) is 0 Å². The number of nitrogens with zero attached hydrogens (tertiary/aromatic N) is 3. The Morgan fingerprint density at radius 1 is 1.05 bits per heavy atom. The number of aryl methyl sites for hydroxylation is 1. The number of H-pyrrole nitrogens is 1. The standard InChI is InChI=1S/C29H38F3N7O5/c1-8-17-13-18(36-25(41)23-34-15-21(39(23)7)20-14-35-38-22(20)29(30,31)32)9-10-19(17)24(40)33-11-12-43-16-28(5,6)37-26(42)44-27(2,3)4/h9-10,13-15H,8,11-12,16H2,1-7H3,(H,33,40)(H,35,38)(H,36,41)(H,37,42). The van der Waals surface area contributed by atoms with Crippen molar-refractivity contribution in [3.8, 4) is 11.3 Å².